The molecule has 0 spiro atoms. The molecule has 2 N–H and O–H groups in total. The molecule has 0 saturated carbocycles. The molecular weight excluding hydrogens is 306 g/mol. The fourth-order valence-corrected chi connectivity index (χ4v) is 2.43. The summed E-state index contributed by atoms with van der Waals surface area (Å²) < 4.78 is 0. The SMILES string of the molecule is CCCNC(=O)CNC(=O)[C@H](C)Sc1ccc([N+](=O)[O-])cc1. The summed E-state index contributed by atoms with van der Waals surface area (Å²) in [5.74, 6) is -0.474. The summed E-state index contributed by atoms with van der Waals surface area (Å²) in [6, 6.07) is 5.98. The molecule has 7 nitrogen and oxygen atoms in total. The van der Waals surface area contributed by atoms with E-state index in [1.54, 1.807) is 19.1 Å². The van der Waals surface area contributed by atoms with Crippen LogP contribution in [-0.4, -0.2) is 35.1 Å². The van der Waals surface area contributed by atoms with E-state index < -0.39 is 10.2 Å². The highest BCUT2D eigenvalue weighted by Gasteiger charge is 2.15. The number of nitrogens with one attached hydrogen (secondary N) is 2. The minimum Gasteiger partial charge on any atom is -0.355 e. The smallest absolute Gasteiger partial charge is 0.269 e. The first-order valence-corrected chi connectivity index (χ1v) is 7.77. The molecule has 1 aromatic rings. The zero-order valence-electron chi connectivity index (χ0n) is 12.5. The molecule has 0 saturated heterocycles. The van der Waals surface area contributed by atoms with Crippen molar-refractivity contribution in [2.24, 2.45) is 0 Å². The lowest BCUT2D eigenvalue weighted by Crippen LogP contribution is -2.40. The number of carbonyl (C=O) groups excluding carboxylic acids is 2. The van der Waals surface area contributed by atoms with E-state index >= 15 is 0 Å². The molecular formula is C14H19N3O4S. The average Bonchev–Trinajstić information content (AvgIpc) is 2.50. The predicted molar refractivity (Wildman–Crippen MR) is 84.7 cm³/mol. The van der Waals surface area contributed by atoms with Crippen molar-refractivity contribution >= 4 is 29.3 Å². The third-order valence-corrected chi connectivity index (χ3v) is 3.84. The number of rotatable bonds is 8. The maximum atomic E-state index is 11.9. The van der Waals surface area contributed by atoms with Gasteiger partial charge < -0.3 is 10.6 Å². The van der Waals surface area contributed by atoms with E-state index in [9.17, 15) is 19.7 Å². The number of amides is 2. The van der Waals surface area contributed by atoms with Crippen LogP contribution in [0.5, 0.6) is 0 Å². The number of hydrogen-bond donors (Lipinski definition) is 2. The van der Waals surface area contributed by atoms with Crippen molar-refractivity contribution < 1.29 is 14.5 Å². The second-order valence-corrected chi connectivity index (χ2v) is 5.99. The summed E-state index contributed by atoms with van der Waals surface area (Å²) in [6.45, 7) is 4.19. The van der Waals surface area contributed by atoms with Gasteiger partial charge in [-0.2, -0.15) is 0 Å². The Balaban J connectivity index is 2.43. The number of benzene rings is 1. The quantitative estimate of drug-likeness (QED) is 0.430. The summed E-state index contributed by atoms with van der Waals surface area (Å²) in [5.41, 5.74) is 0.00838. The molecule has 0 aliphatic rings. The molecule has 22 heavy (non-hydrogen) atoms. The van der Waals surface area contributed by atoms with Crippen molar-refractivity contribution in [2.75, 3.05) is 13.1 Å². The Bertz CT molecular complexity index is 533. The third-order valence-electron chi connectivity index (χ3n) is 2.72. The largest absolute Gasteiger partial charge is 0.355 e. The lowest BCUT2D eigenvalue weighted by Gasteiger charge is -2.12. The molecule has 0 aromatic heterocycles. The first-order valence-electron chi connectivity index (χ1n) is 6.89. The number of nitro benzene ring substituents is 1. The molecule has 0 heterocycles. The highest BCUT2D eigenvalue weighted by molar-refractivity contribution is 8.00. The van der Waals surface area contributed by atoms with E-state index in [0.29, 0.717) is 6.54 Å². The van der Waals surface area contributed by atoms with Crippen LogP contribution in [0.3, 0.4) is 0 Å². The Kier molecular flexibility index (Phi) is 7.38. The van der Waals surface area contributed by atoms with Gasteiger partial charge in [-0.3, -0.25) is 19.7 Å². The summed E-state index contributed by atoms with van der Waals surface area (Å²) >= 11 is 1.28. The Morgan fingerprint density at radius 3 is 2.45 bits per heavy atom. The van der Waals surface area contributed by atoms with Crippen molar-refractivity contribution in [3.63, 3.8) is 0 Å². The van der Waals surface area contributed by atoms with Crippen LogP contribution in [0.15, 0.2) is 29.2 Å². The third kappa shape index (κ3) is 6.13. The molecule has 0 fully saturated rings. The van der Waals surface area contributed by atoms with Crippen molar-refractivity contribution in [3.8, 4) is 0 Å². The molecule has 0 bridgehead atoms. The molecule has 0 aliphatic heterocycles. The number of thioether (sulfide) groups is 1. The number of carbonyl (C=O) groups is 2. The Morgan fingerprint density at radius 1 is 1.27 bits per heavy atom. The summed E-state index contributed by atoms with van der Waals surface area (Å²) in [6.07, 6.45) is 0.839. The van der Waals surface area contributed by atoms with Gasteiger partial charge in [-0.1, -0.05) is 6.92 Å². The monoisotopic (exact) mass is 325 g/mol. The van der Waals surface area contributed by atoms with Crippen LogP contribution < -0.4 is 10.6 Å². The molecule has 0 aliphatic carbocycles. The highest BCUT2D eigenvalue weighted by atomic mass is 32.2. The van der Waals surface area contributed by atoms with Crippen molar-refractivity contribution in [1.29, 1.82) is 0 Å². The minimum absolute atomic E-state index is 0.00838. The van der Waals surface area contributed by atoms with Gasteiger partial charge in [-0.25, -0.2) is 0 Å². The topological polar surface area (TPSA) is 101 Å². The fourth-order valence-electron chi connectivity index (χ4n) is 1.54. The second kappa shape index (κ2) is 9.04. The standard InChI is InChI=1S/C14H19N3O4S/c1-3-8-15-13(18)9-16-14(19)10(2)22-12-6-4-11(5-7-12)17(20)21/h4-7,10H,3,8-9H2,1-2H3,(H,15,18)(H,16,19)/t10-/m0/s1. The minimum atomic E-state index is -0.473. The van der Waals surface area contributed by atoms with E-state index in [0.717, 1.165) is 11.3 Å². The molecule has 0 unspecified atom stereocenters. The van der Waals surface area contributed by atoms with Gasteiger partial charge in [0, 0.05) is 23.6 Å². The van der Waals surface area contributed by atoms with Crippen molar-refractivity contribution in [2.45, 2.75) is 30.4 Å². The number of non-ortho nitro benzene ring substituents is 1. The fraction of sp³-hybridized carbons (Fsp3) is 0.429. The van der Waals surface area contributed by atoms with E-state index in [4.69, 9.17) is 0 Å². The maximum Gasteiger partial charge on any atom is 0.269 e. The molecule has 8 heteroatoms. The zero-order valence-corrected chi connectivity index (χ0v) is 13.3. The normalized spacial score (nSPS) is 11.5. The second-order valence-electron chi connectivity index (χ2n) is 4.58. The maximum absolute atomic E-state index is 11.9. The molecule has 0 radical (unpaired) electrons. The molecule has 1 aromatic carbocycles. The Labute approximate surface area is 133 Å². The van der Waals surface area contributed by atoms with E-state index in [1.807, 2.05) is 6.92 Å². The number of nitrogens with zero attached hydrogens (tertiary/aromatic N) is 1. The van der Waals surface area contributed by atoms with Crippen LogP contribution in [0, 0.1) is 10.1 Å². The zero-order chi connectivity index (χ0) is 16.5. The van der Waals surface area contributed by atoms with Gasteiger partial charge in [0.15, 0.2) is 0 Å². The van der Waals surface area contributed by atoms with Gasteiger partial charge in [-0.15, -0.1) is 11.8 Å². The van der Waals surface area contributed by atoms with Gasteiger partial charge in [0.2, 0.25) is 11.8 Å². The van der Waals surface area contributed by atoms with Gasteiger partial charge in [-0.05, 0) is 25.5 Å². The van der Waals surface area contributed by atoms with Crippen LogP contribution in [0.1, 0.15) is 20.3 Å². The Hall–Kier alpha value is -2.09. The first kappa shape index (κ1) is 18.0. The van der Waals surface area contributed by atoms with E-state index in [-0.39, 0.29) is 24.0 Å². The summed E-state index contributed by atoms with van der Waals surface area (Å²) in [7, 11) is 0. The Morgan fingerprint density at radius 2 is 1.91 bits per heavy atom. The van der Waals surface area contributed by atoms with Gasteiger partial charge in [0.25, 0.3) is 5.69 Å². The lowest BCUT2D eigenvalue weighted by atomic mass is 10.3. The van der Waals surface area contributed by atoms with Crippen LogP contribution in [0.25, 0.3) is 0 Å². The average molecular weight is 325 g/mol. The van der Waals surface area contributed by atoms with Crippen LogP contribution in [0.4, 0.5) is 5.69 Å². The number of nitro groups is 1. The van der Waals surface area contributed by atoms with Crippen molar-refractivity contribution in [1.82, 2.24) is 10.6 Å². The summed E-state index contributed by atoms with van der Waals surface area (Å²) in [4.78, 5) is 34.1. The summed E-state index contributed by atoms with van der Waals surface area (Å²) in [5, 5.41) is 15.4. The molecule has 2 amide bonds. The predicted octanol–water partition coefficient (Wildman–Crippen LogP) is 1.72. The van der Waals surface area contributed by atoms with Crippen molar-refractivity contribution in [3.05, 3.63) is 34.4 Å². The molecule has 1 atom stereocenters. The molecule has 120 valence electrons. The molecule has 1 rings (SSSR count). The van der Waals surface area contributed by atoms with E-state index in [2.05, 4.69) is 10.6 Å². The lowest BCUT2D eigenvalue weighted by molar-refractivity contribution is -0.384. The van der Waals surface area contributed by atoms with Gasteiger partial charge in [0.05, 0.1) is 16.7 Å². The van der Waals surface area contributed by atoms with Gasteiger partial charge >= 0.3 is 0 Å². The first-order chi connectivity index (χ1) is 10.4. The van der Waals surface area contributed by atoms with Crippen LogP contribution in [0.2, 0.25) is 0 Å². The van der Waals surface area contributed by atoms with Crippen LogP contribution in [-0.2, 0) is 9.59 Å². The van der Waals surface area contributed by atoms with E-state index in [1.165, 1.54) is 23.9 Å². The van der Waals surface area contributed by atoms with Gasteiger partial charge in [0.1, 0.15) is 0 Å². The highest BCUT2D eigenvalue weighted by Crippen LogP contribution is 2.25. The van der Waals surface area contributed by atoms with Crippen LogP contribution >= 0.6 is 11.8 Å². The number of hydrogen-bond acceptors (Lipinski definition) is 5.